The van der Waals surface area contributed by atoms with Crippen molar-refractivity contribution < 1.29 is 18.3 Å². The Bertz CT molecular complexity index is 763. The van der Waals surface area contributed by atoms with Crippen LogP contribution in [0.15, 0.2) is 42.7 Å². The number of halogens is 2. The average Bonchev–Trinajstić information content (AvgIpc) is 2.65. The molecule has 0 bridgehead atoms. The van der Waals surface area contributed by atoms with Crippen LogP contribution in [-0.4, -0.2) is 41.5 Å². The van der Waals surface area contributed by atoms with Crippen LogP contribution in [0.25, 0.3) is 11.1 Å². The zero-order valence-electron chi connectivity index (χ0n) is 15.8. The number of ether oxygens (including phenoxy) is 1. The molecule has 3 rings (SSSR count). The van der Waals surface area contributed by atoms with Crippen LogP contribution in [0.2, 0.25) is 0 Å². The Kier molecular flexibility index (Phi) is 7.24. The summed E-state index contributed by atoms with van der Waals surface area (Å²) in [7, 11) is 0. The standard InChI is InChI=1S/C18H19F2N3O2.C2H6/c1-18(19,20)25-16-5-3-2-4-15(16)14-8-13(9-22-10-14)12-23-7-6-21-11-17(23)24;1-2/h2-5,8-10,21H,6-7,11-12H2,1H3;1-2H3. The fraction of sp³-hybridized carbons (Fsp3) is 0.400. The number of amides is 1. The van der Waals surface area contributed by atoms with Gasteiger partial charge in [0.25, 0.3) is 0 Å². The minimum Gasteiger partial charge on any atom is -0.432 e. The first-order valence-electron chi connectivity index (χ1n) is 9.01. The van der Waals surface area contributed by atoms with Crippen LogP contribution in [0.1, 0.15) is 26.3 Å². The maximum atomic E-state index is 13.2. The Labute approximate surface area is 158 Å². The van der Waals surface area contributed by atoms with Gasteiger partial charge in [-0.3, -0.25) is 9.78 Å². The number of nitrogens with one attached hydrogen (secondary N) is 1. The number of hydrogen-bond donors (Lipinski definition) is 1. The molecule has 1 aromatic heterocycles. The van der Waals surface area contributed by atoms with Gasteiger partial charge in [0, 0.05) is 50.1 Å². The first kappa shape index (κ1) is 20.8. The van der Waals surface area contributed by atoms with Crippen molar-refractivity contribution in [2.24, 2.45) is 0 Å². The third-order valence-electron chi connectivity index (χ3n) is 3.84. The molecule has 2 heterocycles. The summed E-state index contributed by atoms with van der Waals surface area (Å²) < 4.78 is 31.3. The summed E-state index contributed by atoms with van der Waals surface area (Å²) in [6.07, 6.45) is 0.00412. The Balaban J connectivity index is 0.00000126. The van der Waals surface area contributed by atoms with E-state index in [1.54, 1.807) is 35.5 Å². The summed E-state index contributed by atoms with van der Waals surface area (Å²) in [5.41, 5.74) is 2.04. The highest BCUT2D eigenvalue weighted by Crippen LogP contribution is 2.33. The lowest BCUT2D eigenvalue weighted by Gasteiger charge is -2.27. The van der Waals surface area contributed by atoms with Gasteiger partial charge < -0.3 is 15.0 Å². The Morgan fingerprint density at radius 1 is 1.26 bits per heavy atom. The number of nitrogens with zero attached hydrogens (tertiary/aromatic N) is 2. The van der Waals surface area contributed by atoms with Crippen molar-refractivity contribution in [1.29, 1.82) is 0 Å². The monoisotopic (exact) mass is 377 g/mol. The maximum Gasteiger partial charge on any atom is 0.394 e. The molecule has 1 aliphatic rings. The number of para-hydroxylation sites is 1. The Hall–Kier alpha value is -2.54. The van der Waals surface area contributed by atoms with E-state index in [9.17, 15) is 13.6 Å². The Morgan fingerprint density at radius 2 is 2.00 bits per heavy atom. The summed E-state index contributed by atoms with van der Waals surface area (Å²) in [6, 6.07) is 8.44. The number of rotatable bonds is 5. The number of carbonyl (C=O) groups is 1. The molecule has 0 aliphatic carbocycles. The van der Waals surface area contributed by atoms with Crippen molar-refractivity contribution >= 4 is 5.91 Å². The van der Waals surface area contributed by atoms with E-state index in [1.807, 2.05) is 19.9 Å². The van der Waals surface area contributed by atoms with Crippen LogP contribution < -0.4 is 10.1 Å². The van der Waals surface area contributed by atoms with Crippen molar-refractivity contribution in [3.63, 3.8) is 0 Å². The molecule has 146 valence electrons. The van der Waals surface area contributed by atoms with Gasteiger partial charge in [0.1, 0.15) is 5.75 Å². The second kappa shape index (κ2) is 9.41. The average molecular weight is 377 g/mol. The summed E-state index contributed by atoms with van der Waals surface area (Å²) in [6.45, 7) is 6.85. The third-order valence-corrected chi connectivity index (χ3v) is 3.84. The number of hydrogen-bond acceptors (Lipinski definition) is 4. The molecule has 0 atom stereocenters. The second-order valence-corrected chi connectivity index (χ2v) is 5.98. The van der Waals surface area contributed by atoms with Crippen LogP contribution in [0.3, 0.4) is 0 Å². The van der Waals surface area contributed by atoms with Crippen LogP contribution in [0.5, 0.6) is 5.75 Å². The fourth-order valence-corrected chi connectivity index (χ4v) is 2.74. The van der Waals surface area contributed by atoms with E-state index in [0.29, 0.717) is 37.7 Å². The molecule has 27 heavy (non-hydrogen) atoms. The van der Waals surface area contributed by atoms with Crippen LogP contribution in [-0.2, 0) is 11.3 Å². The molecule has 2 aromatic rings. The van der Waals surface area contributed by atoms with Gasteiger partial charge in [-0.1, -0.05) is 32.0 Å². The van der Waals surface area contributed by atoms with E-state index < -0.39 is 6.11 Å². The first-order valence-corrected chi connectivity index (χ1v) is 9.01. The second-order valence-electron chi connectivity index (χ2n) is 5.98. The Morgan fingerprint density at radius 3 is 2.70 bits per heavy atom. The van der Waals surface area contributed by atoms with E-state index in [1.165, 1.54) is 6.07 Å². The van der Waals surface area contributed by atoms with Crippen molar-refractivity contribution in [1.82, 2.24) is 15.2 Å². The minimum atomic E-state index is -3.27. The largest absolute Gasteiger partial charge is 0.432 e. The van der Waals surface area contributed by atoms with Crippen molar-refractivity contribution in [3.05, 3.63) is 48.3 Å². The molecule has 0 unspecified atom stereocenters. The van der Waals surface area contributed by atoms with Crippen LogP contribution in [0, 0.1) is 0 Å². The fourth-order valence-electron chi connectivity index (χ4n) is 2.74. The third kappa shape index (κ3) is 5.99. The van der Waals surface area contributed by atoms with Gasteiger partial charge in [0.2, 0.25) is 5.91 Å². The SMILES string of the molecule is CC.CC(F)(F)Oc1ccccc1-c1cncc(CN2CCNCC2=O)c1. The summed E-state index contributed by atoms with van der Waals surface area (Å²) >= 11 is 0. The van der Waals surface area contributed by atoms with Gasteiger partial charge in [-0.2, -0.15) is 8.78 Å². The number of benzene rings is 1. The molecule has 1 aromatic carbocycles. The van der Waals surface area contributed by atoms with Crippen LogP contribution in [0.4, 0.5) is 8.78 Å². The first-order chi connectivity index (χ1) is 12.9. The highest BCUT2D eigenvalue weighted by Gasteiger charge is 2.25. The minimum absolute atomic E-state index is 0.0333. The molecule has 1 N–H and O–H groups in total. The van der Waals surface area contributed by atoms with Gasteiger partial charge in [0.05, 0.1) is 6.54 Å². The molecule has 1 saturated heterocycles. The van der Waals surface area contributed by atoms with Crippen molar-refractivity contribution in [2.45, 2.75) is 33.4 Å². The molecular formula is C20H25F2N3O2. The van der Waals surface area contributed by atoms with Crippen molar-refractivity contribution in [2.75, 3.05) is 19.6 Å². The topological polar surface area (TPSA) is 54.5 Å². The molecule has 1 amide bonds. The van der Waals surface area contributed by atoms with E-state index >= 15 is 0 Å². The van der Waals surface area contributed by atoms with Gasteiger partial charge in [-0.15, -0.1) is 0 Å². The van der Waals surface area contributed by atoms with E-state index in [4.69, 9.17) is 4.74 Å². The summed E-state index contributed by atoms with van der Waals surface area (Å²) in [5, 5.41) is 3.02. The maximum absolute atomic E-state index is 13.2. The lowest BCUT2D eigenvalue weighted by Crippen LogP contribution is -2.47. The number of piperazine rings is 1. The highest BCUT2D eigenvalue weighted by molar-refractivity contribution is 5.79. The summed E-state index contributed by atoms with van der Waals surface area (Å²) in [5.74, 6) is 0.123. The molecule has 0 spiro atoms. The zero-order valence-corrected chi connectivity index (χ0v) is 15.8. The molecule has 7 heteroatoms. The molecule has 1 fully saturated rings. The molecular weight excluding hydrogens is 352 g/mol. The van der Waals surface area contributed by atoms with Gasteiger partial charge in [-0.05, 0) is 17.7 Å². The molecule has 0 saturated carbocycles. The number of aromatic nitrogens is 1. The van der Waals surface area contributed by atoms with E-state index in [0.717, 1.165) is 12.1 Å². The number of pyridine rings is 1. The van der Waals surface area contributed by atoms with Crippen LogP contribution >= 0.6 is 0 Å². The number of alkyl halides is 2. The summed E-state index contributed by atoms with van der Waals surface area (Å²) in [4.78, 5) is 17.8. The van der Waals surface area contributed by atoms with Gasteiger partial charge >= 0.3 is 6.11 Å². The zero-order chi connectivity index (χ0) is 19.9. The molecule has 5 nitrogen and oxygen atoms in total. The number of carbonyl (C=O) groups excluding carboxylic acids is 1. The van der Waals surface area contributed by atoms with E-state index in [-0.39, 0.29) is 11.7 Å². The lowest BCUT2D eigenvalue weighted by atomic mass is 10.0. The smallest absolute Gasteiger partial charge is 0.394 e. The molecule has 1 aliphatic heterocycles. The quantitative estimate of drug-likeness (QED) is 0.863. The van der Waals surface area contributed by atoms with Gasteiger partial charge in [0.15, 0.2) is 0 Å². The predicted octanol–water partition coefficient (Wildman–Crippen LogP) is 3.70. The predicted molar refractivity (Wildman–Crippen MR) is 101 cm³/mol. The lowest BCUT2D eigenvalue weighted by molar-refractivity contribution is -0.158. The molecule has 0 radical (unpaired) electrons. The van der Waals surface area contributed by atoms with Crippen molar-refractivity contribution in [3.8, 4) is 16.9 Å². The van der Waals surface area contributed by atoms with E-state index in [2.05, 4.69) is 10.3 Å². The highest BCUT2D eigenvalue weighted by atomic mass is 19.3. The normalized spacial score (nSPS) is 14.4. The van der Waals surface area contributed by atoms with Gasteiger partial charge in [-0.25, -0.2) is 0 Å².